The molecule has 1 nitrogen and oxygen atoms in total. The first-order valence-corrected chi connectivity index (χ1v) is 5.34. The van der Waals surface area contributed by atoms with E-state index in [4.69, 9.17) is 0 Å². The Kier molecular flexibility index (Phi) is 4.63. The van der Waals surface area contributed by atoms with Gasteiger partial charge in [0, 0.05) is 12.0 Å². The van der Waals surface area contributed by atoms with Crippen LogP contribution in [-0.4, -0.2) is 5.78 Å². The van der Waals surface area contributed by atoms with Crippen molar-refractivity contribution in [1.29, 1.82) is 0 Å². The van der Waals surface area contributed by atoms with Crippen molar-refractivity contribution in [1.82, 2.24) is 0 Å². The van der Waals surface area contributed by atoms with Crippen LogP contribution < -0.4 is 0 Å². The van der Waals surface area contributed by atoms with Crippen LogP contribution in [0.3, 0.4) is 0 Å². The summed E-state index contributed by atoms with van der Waals surface area (Å²) < 4.78 is 0. The molecule has 1 heteroatoms. The third-order valence-electron chi connectivity index (χ3n) is 2.17. The van der Waals surface area contributed by atoms with Gasteiger partial charge in [-0.2, -0.15) is 0 Å². The van der Waals surface area contributed by atoms with Crippen molar-refractivity contribution in [3.05, 3.63) is 35.4 Å². The van der Waals surface area contributed by atoms with Crippen molar-refractivity contribution < 1.29 is 4.79 Å². The van der Waals surface area contributed by atoms with Crippen LogP contribution in [0.5, 0.6) is 0 Å². The van der Waals surface area contributed by atoms with E-state index in [0.29, 0.717) is 5.56 Å². The van der Waals surface area contributed by atoms with Crippen LogP contribution in [0.15, 0.2) is 24.3 Å². The summed E-state index contributed by atoms with van der Waals surface area (Å²) in [7, 11) is 0. The lowest BCUT2D eigenvalue weighted by Gasteiger charge is -1.94. The maximum absolute atomic E-state index is 11.5. The number of aryl methyl sites for hydroxylation is 1. The molecule has 15 heavy (non-hydrogen) atoms. The average molecular weight is 200 g/mol. The second-order valence-electron chi connectivity index (χ2n) is 3.60. The zero-order chi connectivity index (χ0) is 11.1. The molecule has 1 aromatic rings. The molecule has 0 bridgehead atoms. The first-order chi connectivity index (χ1) is 7.24. The highest BCUT2D eigenvalue weighted by atomic mass is 16.1. The zero-order valence-electron chi connectivity index (χ0n) is 9.34. The molecule has 0 radical (unpaired) electrons. The topological polar surface area (TPSA) is 17.1 Å². The van der Waals surface area contributed by atoms with Crippen LogP contribution in [-0.2, 0) is 0 Å². The minimum atomic E-state index is -0.0777. The second kappa shape index (κ2) is 6.03. The van der Waals surface area contributed by atoms with Crippen LogP contribution in [0.2, 0.25) is 0 Å². The number of carbonyl (C=O) groups excluding carboxylic acids is 1. The number of Topliss-reactive ketones (excluding diaryl/α,β-unsaturated/α-hetero) is 1. The Morgan fingerprint density at radius 1 is 1.27 bits per heavy atom. The summed E-state index contributed by atoms with van der Waals surface area (Å²) in [6.07, 6.45) is 3.00. The summed E-state index contributed by atoms with van der Waals surface area (Å²) in [5.41, 5.74) is 1.84. The average Bonchev–Trinajstić information content (AvgIpc) is 2.25. The predicted octanol–water partition coefficient (Wildman–Crippen LogP) is 3.37. The highest BCUT2D eigenvalue weighted by Gasteiger charge is 1.99. The standard InChI is InChI=1S/C14H16O/c1-3-4-5-6-7-14(15)13-10-8-12(2)9-11-13/h8-11H,3-5H2,1-2H3. The number of ketones is 1. The molecular weight excluding hydrogens is 184 g/mol. The minimum Gasteiger partial charge on any atom is -0.279 e. The maximum atomic E-state index is 11.5. The molecule has 0 N–H and O–H groups in total. The van der Waals surface area contributed by atoms with Gasteiger partial charge in [-0.15, -0.1) is 0 Å². The molecule has 0 aliphatic rings. The number of hydrogen-bond donors (Lipinski definition) is 0. The van der Waals surface area contributed by atoms with Gasteiger partial charge in [0.05, 0.1) is 0 Å². The number of carbonyl (C=O) groups is 1. The smallest absolute Gasteiger partial charge is 0.235 e. The highest BCUT2D eigenvalue weighted by molar-refractivity contribution is 6.08. The molecule has 0 saturated heterocycles. The molecule has 0 unspecified atom stereocenters. The number of rotatable bonds is 3. The molecule has 0 saturated carbocycles. The molecule has 0 aliphatic carbocycles. The molecular formula is C14H16O. The van der Waals surface area contributed by atoms with Crippen LogP contribution in [0.4, 0.5) is 0 Å². The Labute approximate surface area is 91.5 Å². The lowest BCUT2D eigenvalue weighted by atomic mass is 10.1. The normalized spacial score (nSPS) is 9.20. The summed E-state index contributed by atoms with van der Waals surface area (Å²) in [6, 6.07) is 7.51. The van der Waals surface area contributed by atoms with Gasteiger partial charge in [-0.1, -0.05) is 49.1 Å². The van der Waals surface area contributed by atoms with Gasteiger partial charge in [-0.3, -0.25) is 4.79 Å². The van der Waals surface area contributed by atoms with Crippen molar-refractivity contribution >= 4 is 5.78 Å². The highest BCUT2D eigenvalue weighted by Crippen LogP contribution is 2.03. The second-order valence-corrected chi connectivity index (χ2v) is 3.60. The minimum absolute atomic E-state index is 0.0777. The lowest BCUT2D eigenvalue weighted by molar-refractivity contribution is 0.105. The lowest BCUT2D eigenvalue weighted by Crippen LogP contribution is -1.94. The summed E-state index contributed by atoms with van der Waals surface area (Å²) >= 11 is 0. The van der Waals surface area contributed by atoms with Gasteiger partial charge in [0.1, 0.15) is 0 Å². The summed E-state index contributed by atoms with van der Waals surface area (Å²) in [6.45, 7) is 4.12. The van der Waals surface area contributed by atoms with Gasteiger partial charge in [0.2, 0.25) is 5.78 Å². The van der Waals surface area contributed by atoms with Gasteiger partial charge in [0.15, 0.2) is 0 Å². The fourth-order valence-corrected chi connectivity index (χ4v) is 1.19. The summed E-state index contributed by atoms with van der Waals surface area (Å²) in [5, 5.41) is 0. The monoisotopic (exact) mass is 200 g/mol. The SMILES string of the molecule is CCCCC#CC(=O)c1ccc(C)cc1. The van der Waals surface area contributed by atoms with Crippen molar-refractivity contribution in [2.45, 2.75) is 33.1 Å². The van der Waals surface area contributed by atoms with Crippen molar-refractivity contribution in [3.8, 4) is 11.8 Å². The van der Waals surface area contributed by atoms with E-state index in [0.717, 1.165) is 24.8 Å². The molecule has 1 aromatic carbocycles. The maximum Gasteiger partial charge on any atom is 0.235 e. The van der Waals surface area contributed by atoms with E-state index in [2.05, 4.69) is 18.8 Å². The largest absolute Gasteiger partial charge is 0.279 e. The third-order valence-corrected chi connectivity index (χ3v) is 2.17. The Hall–Kier alpha value is -1.55. The van der Waals surface area contributed by atoms with E-state index >= 15 is 0 Å². The molecule has 0 aliphatic heterocycles. The Morgan fingerprint density at radius 2 is 1.93 bits per heavy atom. The number of benzene rings is 1. The van der Waals surface area contributed by atoms with E-state index in [1.54, 1.807) is 0 Å². The fraction of sp³-hybridized carbons (Fsp3) is 0.357. The summed E-state index contributed by atoms with van der Waals surface area (Å²) in [4.78, 5) is 11.5. The molecule has 0 heterocycles. The molecule has 0 aromatic heterocycles. The zero-order valence-corrected chi connectivity index (χ0v) is 9.34. The molecule has 0 spiro atoms. The van der Waals surface area contributed by atoms with Crippen molar-refractivity contribution in [2.24, 2.45) is 0 Å². The Balaban J connectivity index is 2.60. The van der Waals surface area contributed by atoms with Crippen molar-refractivity contribution in [3.63, 3.8) is 0 Å². The van der Waals surface area contributed by atoms with E-state index in [9.17, 15) is 4.79 Å². The van der Waals surface area contributed by atoms with Crippen molar-refractivity contribution in [2.75, 3.05) is 0 Å². The van der Waals surface area contributed by atoms with Gasteiger partial charge >= 0.3 is 0 Å². The Bertz CT molecular complexity index is 376. The number of unbranched alkanes of at least 4 members (excludes halogenated alkanes) is 2. The van der Waals surface area contributed by atoms with Crippen LogP contribution >= 0.6 is 0 Å². The molecule has 0 atom stereocenters. The van der Waals surface area contributed by atoms with Crippen LogP contribution in [0, 0.1) is 18.8 Å². The van der Waals surface area contributed by atoms with E-state index in [1.807, 2.05) is 31.2 Å². The van der Waals surface area contributed by atoms with Gasteiger partial charge in [0.25, 0.3) is 0 Å². The van der Waals surface area contributed by atoms with Crippen LogP contribution in [0.25, 0.3) is 0 Å². The van der Waals surface area contributed by atoms with Gasteiger partial charge in [-0.05, 0) is 19.3 Å². The van der Waals surface area contributed by atoms with Crippen LogP contribution in [0.1, 0.15) is 42.1 Å². The van der Waals surface area contributed by atoms with Gasteiger partial charge in [-0.25, -0.2) is 0 Å². The quantitative estimate of drug-likeness (QED) is 0.316. The van der Waals surface area contributed by atoms with Gasteiger partial charge < -0.3 is 0 Å². The molecule has 0 amide bonds. The first kappa shape index (κ1) is 11.5. The number of hydrogen-bond acceptors (Lipinski definition) is 1. The van der Waals surface area contributed by atoms with E-state index in [-0.39, 0.29) is 5.78 Å². The Morgan fingerprint density at radius 3 is 2.53 bits per heavy atom. The third kappa shape index (κ3) is 3.99. The van der Waals surface area contributed by atoms with E-state index < -0.39 is 0 Å². The fourth-order valence-electron chi connectivity index (χ4n) is 1.19. The van der Waals surface area contributed by atoms with E-state index in [1.165, 1.54) is 0 Å². The molecule has 78 valence electrons. The molecule has 0 fully saturated rings. The first-order valence-electron chi connectivity index (χ1n) is 5.34. The predicted molar refractivity (Wildman–Crippen MR) is 62.8 cm³/mol. The molecule has 1 rings (SSSR count). The summed E-state index contributed by atoms with van der Waals surface area (Å²) in [5.74, 6) is 5.49.